The van der Waals surface area contributed by atoms with E-state index in [9.17, 15) is 4.79 Å². The average Bonchev–Trinajstić information content (AvgIpc) is 2.43. The summed E-state index contributed by atoms with van der Waals surface area (Å²) < 4.78 is 1.86. The fraction of sp³-hybridized carbons (Fsp3) is 0.455. The maximum Gasteiger partial charge on any atom is 0.225 e. The molecular weight excluding hydrogens is 190 g/mol. The SMILES string of the molecule is CC1=C(n2cc(C)c(C)n2)C[C@@H]1C(N)=O. The van der Waals surface area contributed by atoms with E-state index in [0.717, 1.165) is 22.5 Å². The van der Waals surface area contributed by atoms with E-state index in [1.54, 1.807) is 0 Å². The van der Waals surface area contributed by atoms with Gasteiger partial charge in [0.15, 0.2) is 0 Å². The minimum Gasteiger partial charge on any atom is -0.369 e. The summed E-state index contributed by atoms with van der Waals surface area (Å²) >= 11 is 0. The van der Waals surface area contributed by atoms with Crippen molar-refractivity contribution in [1.29, 1.82) is 0 Å². The van der Waals surface area contributed by atoms with Crippen LogP contribution in [0.5, 0.6) is 0 Å². The quantitative estimate of drug-likeness (QED) is 0.789. The summed E-state index contributed by atoms with van der Waals surface area (Å²) in [6.07, 6.45) is 2.70. The van der Waals surface area contributed by atoms with Crippen LogP contribution in [0.4, 0.5) is 0 Å². The third-order valence-corrected chi connectivity index (χ3v) is 3.14. The van der Waals surface area contributed by atoms with Gasteiger partial charge in [-0.25, -0.2) is 4.68 Å². The molecule has 1 heterocycles. The number of aryl methyl sites for hydroxylation is 2. The first kappa shape index (κ1) is 9.96. The lowest BCUT2D eigenvalue weighted by Gasteiger charge is -2.28. The maximum absolute atomic E-state index is 11.0. The number of nitrogens with zero attached hydrogens (tertiary/aromatic N) is 2. The number of aromatic nitrogens is 2. The third-order valence-electron chi connectivity index (χ3n) is 3.14. The van der Waals surface area contributed by atoms with Gasteiger partial charge in [-0.05, 0) is 31.9 Å². The van der Waals surface area contributed by atoms with E-state index < -0.39 is 0 Å². The average molecular weight is 205 g/mol. The van der Waals surface area contributed by atoms with Crippen LogP contribution in [-0.2, 0) is 4.79 Å². The van der Waals surface area contributed by atoms with Crippen molar-refractivity contribution < 1.29 is 4.79 Å². The number of nitrogens with two attached hydrogens (primary N) is 1. The zero-order valence-corrected chi connectivity index (χ0v) is 9.24. The van der Waals surface area contributed by atoms with Crippen LogP contribution in [0.3, 0.4) is 0 Å². The van der Waals surface area contributed by atoms with Crippen LogP contribution >= 0.6 is 0 Å². The summed E-state index contributed by atoms with van der Waals surface area (Å²) in [4.78, 5) is 11.0. The molecule has 1 atom stereocenters. The van der Waals surface area contributed by atoms with Crippen LogP contribution < -0.4 is 5.73 Å². The topological polar surface area (TPSA) is 60.9 Å². The highest BCUT2D eigenvalue weighted by Gasteiger charge is 2.32. The van der Waals surface area contributed by atoms with Gasteiger partial charge in [0, 0.05) is 18.3 Å². The number of primary amides is 1. The van der Waals surface area contributed by atoms with Gasteiger partial charge in [0.05, 0.1) is 11.6 Å². The van der Waals surface area contributed by atoms with Gasteiger partial charge in [-0.3, -0.25) is 4.79 Å². The van der Waals surface area contributed by atoms with Crippen molar-refractivity contribution >= 4 is 11.6 Å². The smallest absolute Gasteiger partial charge is 0.225 e. The lowest BCUT2D eigenvalue weighted by atomic mass is 9.82. The molecule has 0 aromatic carbocycles. The molecule has 2 rings (SSSR count). The summed E-state index contributed by atoms with van der Waals surface area (Å²) in [5, 5.41) is 4.38. The standard InChI is InChI=1S/C11H15N3O/c1-6-5-14(13-8(6)3)10-4-9(7(10)2)11(12)15/h5,9H,4H2,1-3H3,(H2,12,15)/t9-/m0/s1. The molecule has 1 aliphatic rings. The van der Waals surface area contributed by atoms with Crippen LogP contribution in [-0.4, -0.2) is 15.7 Å². The molecule has 0 bridgehead atoms. The number of rotatable bonds is 2. The highest BCUT2D eigenvalue weighted by Crippen LogP contribution is 2.37. The first-order valence-electron chi connectivity index (χ1n) is 5.03. The number of hydrogen-bond donors (Lipinski definition) is 1. The van der Waals surface area contributed by atoms with Crippen molar-refractivity contribution in [3.05, 3.63) is 23.0 Å². The van der Waals surface area contributed by atoms with E-state index in [0.29, 0.717) is 6.42 Å². The minimum atomic E-state index is -0.239. The molecule has 0 saturated carbocycles. The molecule has 0 aliphatic heterocycles. The molecule has 0 unspecified atom stereocenters. The highest BCUT2D eigenvalue weighted by atomic mass is 16.1. The third kappa shape index (κ3) is 1.46. The molecule has 0 spiro atoms. The van der Waals surface area contributed by atoms with Gasteiger partial charge in [-0.2, -0.15) is 5.10 Å². The van der Waals surface area contributed by atoms with Crippen LogP contribution in [0.1, 0.15) is 24.6 Å². The number of carbonyl (C=O) groups excluding carboxylic acids is 1. The Kier molecular flexibility index (Phi) is 2.14. The van der Waals surface area contributed by atoms with Gasteiger partial charge >= 0.3 is 0 Å². The van der Waals surface area contributed by atoms with E-state index in [4.69, 9.17) is 5.73 Å². The van der Waals surface area contributed by atoms with Crippen molar-refractivity contribution in [2.24, 2.45) is 11.7 Å². The normalized spacial score (nSPS) is 20.3. The van der Waals surface area contributed by atoms with Crippen molar-refractivity contribution in [1.82, 2.24) is 9.78 Å². The van der Waals surface area contributed by atoms with Crippen LogP contribution in [0.25, 0.3) is 5.70 Å². The Morgan fingerprint density at radius 2 is 2.20 bits per heavy atom. The molecule has 4 nitrogen and oxygen atoms in total. The summed E-state index contributed by atoms with van der Waals surface area (Å²) in [6.45, 7) is 5.95. The second kappa shape index (κ2) is 3.22. The Morgan fingerprint density at radius 3 is 2.60 bits per heavy atom. The Hall–Kier alpha value is -1.58. The van der Waals surface area contributed by atoms with Gasteiger partial charge in [0.1, 0.15) is 0 Å². The Labute approximate surface area is 88.8 Å². The first-order valence-corrected chi connectivity index (χ1v) is 5.03. The Balaban J connectivity index is 2.32. The van der Waals surface area contributed by atoms with E-state index in [-0.39, 0.29) is 11.8 Å². The zero-order chi connectivity index (χ0) is 11.2. The summed E-state index contributed by atoms with van der Waals surface area (Å²) in [6, 6.07) is 0. The van der Waals surface area contributed by atoms with Crippen LogP contribution in [0.15, 0.2) is 11.8 Å². The van der Waals surface area contributed by atoms with Crippen molar-refractivity contribution in [3.8, 4) is 0 Å². The molecule has 0 radical (unpaired) electrons. The highest BCUT2D eigenvalue weighted by molar-refractivity contribution is 5.86. The largest absolute Gasteiger partial charge is 0.369 e. The Morgan fingerprint density at radius 1 is 1.53 bits per heavy atom. The molecule has 0 fully saturated rings. The molecule has 0 saturated heterocycles. The van der Waals surface area contributed by atoms with E-state index in [1.165, 1.54) is 0 Å². The Bertz CT molecular complexity index is 437. The van der Waals surface area contributed by atoms with Crippen molar-refractivity contribution in [3.63, 3.8) is 0 Å². The molecular formula is C11H15N3O. The molecule has 1 aromatic heterocycles. The maximum atomic E-state index is 11.0. The fourth-order valence-corrected chi connectivity index (χ4v) is 1.85. The molecule has 4 heteroatoms. The predicted octanol–water partition coefficient (Wildman–Crippen LogP) is 1.24. The monoisotopic (exact) mass is 205 g/mol. The van der Waals surface area contributed by atoms with Gasteiger partial charge < -0.3 is 5.73 Å². The molecule has 15 heavy (non-hydrogen) atoms. The second-order valence-electron chi connectivity index (χ2n) is 4.13. The zero-order valence-electron chi connectivity index (χ0n) is 9.24. The summed E-state index contributed by atoms with van der Waals surface area (Å²) in [5.41, 5.74) is 9.60. The van der Waals surface area contributed by atoms with Crippen molar-refractivity contribution in [2.45, 2.75) is 27.2 Å². The number of amides is 1. The number of carbonyl (C=O) groups is 1. The molecule has 1 amide bonds. The summed E-state index contributed by atoms with van der Waals surface area (Å²) in [5.74, 6) is -0.332. The fourth-order valence-electron chi connectivity index (χ4n) is 1.85. The van der Waals surface area contributed by atoms with Gasteiger partial charge in [0.25, 0.3) is 0 Å². The minimum absolute atomic E-state index is 0.0928. The van der Waals surface area contributed by atoms with E-state index in [2.05, 4.69) is 5.10 Å². The molecule has 1 aromatic rings. The second-order valence-corrected chi connectivity index (χ2v) is 4.13. The predicted molar refractivity (Wildman–Crippen MR) is 57.9 cm³/mol. The molecule has 80 valence electrons. The van der Waals surface area contributed by atoms with Crippen LogP contribution in [0.2, 0.25) is 0 Å². The lowest BCUT2D eigenvalue weighted by molar-refractivity contribution is -0.121. The van der Waals surface area contributed by atoms with Gasteiger partial charge in [-0.1, -0.05) is 0 Å². The van der Waals surface area contributed by atoms with Crippen LogP contribution in [0, 0.1) is 19.8 Å². The van der Waals surface area contributed by atoms with E-state index in [1.807, 2.05) is 31.6 Å². The lowest BCUT2D eigenvalue weighted by Crippen LogP contribution is -2.32. The molecule has 1 aliphatic carbocycles. The van der Waals surface area contributed by atoms with Crippen molar-refractivity contribution in [2.75, 3.05) is 0 Å². The number of hydrogen-bond acceptors (Lipinski definition) is 2. The first-order chi connectivity index (χ1) is 7.00. The van der Waals surface area contributed by atoms with E-state index >= 15 is 0 Å². The van der Waals surface area contributed by atoms with Gasteiger partial charge in [0.2, 0.25) is 5.91 Å². The molecule has 2 N–H and O–H groups in total. The number of allylic oxidation sites excluding steroid dienone is 1. The van der Waals surface area contributed by atoms with Gasteiger partial charge in [-0.15, -0.1) is 0 Å². The summed E-state index contributed by atoms with van der Waals surface area (Å²) in [7, 11) is 0.